The van der Waals surface area contributed by atoms with Crippen LogP contribution < -0.4 is 14.8 Å². The van der Waals surface area contributed by atoms with Crippen LogP contribution in [0.25, 0.3) is 0 Å². The largest absolute Gasteiger partial charge is 0.488 e. The third-order valence-corrected chi connectivity index (χ3v) is 5.82. The minimum Gasteiger partial charge on any atom is -0.488 e. The Kier molecular flexibility index (Phi) is 6.09. The lowest BCUT2D eigenvalue weighted by Crippen LogP contribution is -2.59. The molecule has 5 heteroatoms. The molecular weight excluding hydrogens is 320 g/mol. The van der Waals surface area contributed by atoms with Gasteiger partial charge in [-0.3, -0.25) is 4.90 Å². The second-order valence-corrected chi connectivity index (χ2v) is 7.91. The van der Waals surface area contributed by atoms with Crippen LogP contribution in [-0.4, -0.2) is 62.3 Å². The molecule has 0 atom stereocenters. The van der Waals surface area contributed by atoms with Crippen LogP contribution in [0.1, 0.15) is 12.8 Å². The fourth-order valence-electron chi connectivity index (χ4n) is 3.04. The molecule has 1 aromatic rings. The zero-order valence-electron chi connectivity index (χ0n) is 14.7. The Morgan fingerprint density at radius 1 is 1.17 bits per heavy atom. The summed E-state index contributed by atoms with van der Waals surface area (Å²) in [5, 5.41) is 3.63. The van der Waals surface area contributed by atoms with Crippen molar-refractivity contribution in [1.82, 2.24) is 10.2 Å². The second kappa shape index (κ2) is 8.28. The molecule has 0 fully saturated rings. The maximum Gasteiger partial charge on any atom is 0.161 e. The van der Waals surface area contributed by atoms with Crippen molar-refractivity contribution in [2.45, 2.75) is 18.4 Å². The second-order valence-electron chi connectivity index (χ2n) is 6.76. The molecule has 1 aromatic carbocycles. The van der Waals surface area contributed by atoms with E-state index in [1.165, 1.54) is 17.9 Å². The maximum atomic E-state index is 6.05. The van der Waals surface area contributed by atoms with Crippen molar-refractivity contribution in [3.8, 4) is 11.5 Å². The van der Waals surface area contributed by atoms with Crippen LogP contribution >= 0.6 is 11.8 Å². The minimum atomic E-state index is -0.157. The zero-order valence-corrected chi connectivity index (χ0v) is 15.5. The van der Waals surface area contributed by atoms with Crippen molar-refractivity contribution >= 4 is 11.8 Å². The lowest BCUT2D eigenvalue weighted by Gasteiger charge is -2.37. The van der Waals surface area contributed by atoms with Gasteiger partial charge in [0, 0.05) is 12.3 Å². The molecule has 3 rings (SSSR count). The van der Waals surface area contributed by atoms with Crippen LogP contribution in [0.3, 0.4) is 0 Å². The highest BCUT2D eigenvalue weighted by Crippen LogP contribution is 2.31. The van der Waals surface area contributed by atoms with Gasteiger partial charge in [0.15, 0.2) is 11.5 Å². The van der Waals surface area contributed by atoms with E-state index in [0.29, 0.717) is 13.2 Å². The molecule has 0 amide bonds. The number of fused-ring (bicyclic) bond motifs is 1. The average molecular weight is 349 g/mol. The summed E-state index contributed by atoms with van der Waals surface area (Å²) in [7, 11) is 4.20. The molecule has 0 unspecified atom stereocenters. The highest BCUT2D eigenvalue weighted by molar-refractivity contribution is 7.99. The summed E-state index contributed by atoms with van der Waals surface area (Å²) in [6.45, 7) is 3.13. The molecule has 24 heavy (non-hydrogen) atoms. The van der Waals surface area contributed by atoms with Crippen molar-refractivity contribution in [3.63, 3.8) is 0 Å². The summed E-state index contributed by atoms with van der Waals surface area (Å²) in [5.41, 5.74) is 1.44. The van der Waals surface area contributed by atoms with E-state index in [2.05, 4.69) is 30.4 Å². The van der Waals surface area contributed by atoms with Gasteiger partial charge in [0.25, 0.3) is 0 Å². The monoisotopic (exact) mass is 348 g/mol. The summed E-state index contributed by atoms with van der Waals surface area (Å²) in [6, 6.07) is 7.92. The van der Waals surface area contributed by atoms with Crippen molar-refractivity contribution in [3.05, 3.63) is 35.9 Å². The van der Waals surface area contributed by atoms with Gasteiger partial charge in [-0.25, -0.2) is 0 Å². The molecule has 132 valence electrons. The van der Waals surface area contributed by atoms with Crippen LogP contribution in [-0.2, 0) is 0 Å². The molecule has 0 aromatic heterocycles. The molecule has 0 aliphatic carbocycles. The van der Waals surface area contributed by atoms with E-state index >= 15 is 0 Å². The zero-order chi connectivity index (χ0) is 16.8. The molecule has 1 N–H and O–H groups in total. The van der Waals surface area contributed by atoms with Gasteiger partial charge in [0.1, 0.15) is 18.8 Å². The molecule has 4 nitrogen and oxygen atoms in total. The number of thioether (sulfide) groups is 1. The molecule has 0 radical (unpaired) electrons. The number of nitrogens with one attached hydrogen (secondary N) is 1. The first-order valence-corrected chi connectivity index (χ1v) is 9.83. The summed E-state index contributed by atoms with van der Waals surface area (Å²) in [6.07, 6.45) is 4.78. The first-order valence-electron chi connectivity index (χ1n) is 8.68. The summed E-state index contributed by atoms with van der Waals surface area (Å²) < 4.78 is 12.1. The van der Waals surface area contributed by atoms with Crippen molar-refractivity contribution in [2.24, 2.45) is 0 Å². The van der Waals surface area contributed by atoms with Crippen LogP contribution in [0.4, 0.5) is 0 Å². The van der Waals surface area contributed by atoms with E-state index in [1.807, 2.05) is 36.0 Å². The van der Waals surface area contributed by atoms with Gasteiger partial charge in [-0.1, -0.05) is 23.8 Å². The maximum absolute atomic E-state index is 6.05. The van der Waals surface area contributed by atoms with Crippen LogP contribution in [0.2, 0.25) is 0 Å². The Hall–Kier alpha value is -1.17. The number of benzene rings is 1. The van der Waals surface area contributed by atoms with Gasteiger partial charge in [0.2, 0.25) is 0 Å². The molecule has 0 bridgehead atoms. The molecule has 2 aliphatic heterocycles. The molecular formula is C19H28N2O2S. The highest BCUT2D eigenvalue weighted by atomic mass is 32.2. The van der Waals surface area contributed by atoms with Crippen molar-refractivity contribution in [1.29, 1.82) is 0 Å². The lowest BCUT2D eigenvalue weighted by atomic mass is 10.00. The Morgan fingerprint density at radius 2 is 1.88 bits per heavy atom. The number of para-hydroxylation sites is 2. The third-order valence-electron chi connectivity index (χ3n) is 4.92. The van der Waals surface area contributed by atoms with Crippen LogP contribution in [0.15, 0.2) is 35.9 Å². The number of ether oxygens (including phenoxy) is 2. The van der Waals surface area contributed by atoms with Crippen LogP contribution in [0, 0.1) is 0 Å². The number of nitrogens with zero attached hydrogens (tertiary/aromatic N) is 1. The topological polar surface area (TPSA) is 33.7 Å². The lowest BCUT2D eigenvalue weighted by molar-refractivity contribution is 0.0515. The van der Waals surface area contributed by atoms with Crippen molar-refractivity contribution < 1.29 is 9.47 Å². The first-order chi connectivity index (χ1) is 11.7. The fraction of sp³-hybridized carbons (Fsp3) is 0.579. The predicted octanol–water partition coefficient (Wildman–Crippen LogP) is 2.80. The predicted molar refractivity (Wildman–Crippen MR) is 101 cm³/mol. The van der Waals surface area contributed by atoms with Gasteiger partial charge < -0.3 is 14.8 Å². The Bertz CT molecular complexity index is 547. The highest BCUT2D eigenvalue weighted by Gasteiger charge is 2.37. The first kappa shape index (κ1) is 17.6. The van der Waals surface area contributed by atoms with E-state index < -0.39 is 0 Å². The SMILES string of the molecule is CN(C)C1(CNCCC2=CCSCC2)COc2ccccc2OC1. The Balaban J connectivity index is 1.55. The fourth-order valence-corrected chi connectivity index (χ4v) is 3.96. The molecule has 0 saturated heterocycles. The summed E-state index contributed by atoms with van der Waals surface area (Å²) in [4.78, 5) is 2.22. The van der Waals surface area contributed by atoms with Gasteiger partial charge in [-0.2, -0.15) is 11.8 Å². The summed E-state index contributed by atoms with van der Waals surface area (Å²) >= 11 is 2.02. The van der Waals surface area contributed by atoms with Gasteiger partial charge in [-0.05, 0) is 51.4 Å². The van der Waals surface area contributed by atoms with E-state index in [-0.39, 0.29) is 5.54 Å². The molecule has 0 spiro atoms. The minimum absolute atomic E-state index is 0.157. The number of hydrogen-bond donors (Lipinski definition) is 1. The Labute approximate surface area is 149 Å². The quantitative estimate of drug-likeness (QED) is 0.632. The van der Waals surface area contributed by atoms with Crippen molar-refractivity contribution in [2.75, 3.05) is 51.9 Å². The van der Waals surface area contributed by atoms with E-state index in [4.69, 9.17) is 9.47 Å². The molecule has 2 heterocycles. The normalized spacial score (nSPS) is 19.7. The summed E-state index contributed by atoms with van der Waals surface area (Å²) in [5.74, 6) is 4.13. The van der Waals surface area contributed by atoms with Gasteiger partial charge in [0.05, 0.1) is 0 Å². The van der Waals surface area contributed by atoms with Gasteiger partial charge >= 0.3 is 0 Å². The smallest absolute Gasteiger partial charge is 0.161 e. The average Bonchev–Trinajstić information content (AvgIpc) is 2.81. The van der Waals surface area contributed by atoms with Gasteiger partial charge in [-0.15, -0.1) is 0 Å². The van der Waals surface area contributed by atoms with E-state index in [9.17, 15) is 0 Å². The number of rotatable bonds is 6. The van der Waals surface area contributed by atoms with E-state index in [0.717, 1.165) is 31.0 Å². The number of hydrogen-bond acceptors (Lipinski definition) is 5. The van der Waals surface area contributed by atoms with E-state index in [1.54, 1.807) is 5.57 Å². The number of likely N-dealkylation sites (N-methyl/N-ethyl adjacent to an activating group) is 1. The standard InChI is InChI=1S/C19H28N2O2S/c1-21(2)19(13-20-10-7-16-8-11-24-12-9-16)14-22-17-5-3-4-6-18(17)23-15-19/h3-6,8,20H,7,9-15H2,1-2H3. The molecule has 0 saturated carbocycles. The Morgan fingerprint density at radius 3 is 2.46 bits per heavy atom. The van der Waals surface area contributed by atoms with Crippen LogP contribution in [0.5, 0.6) is 11.5 Å². The third kappa shape index (κ3) is 4.26. The molecule has 2 aliphatic rings.